The lowest BCUT2D eigenvalue weighted by molar-refractivity contribution is 0.241. The first-order valence-corrected chi connectivity index (χ1v) is 8.37. The van der Waals surface area contributed by atoms with Gasteiger partial charge in [0, 0.05) is 24.7 Å². The molecule has 0 radical (unpaired) electrons. The molecule has 0 atom stereocenters. The average molecular weight is 327 g/mol. The van der Waals surface area contributed by atoms with Gasteiger partial charge >= 0.3 is 0 Å². The molecule has 1 saturated carbocycles. The van der Waals surface area contributed by atoms with Crippen molar-refractivity contribution in [1.29, 1.82) is 0 Å². The van der Waals surface area contributed by atoms with Crippen molar-refractivity contribution < 1.29 is 14.6 Å². The maximum absolute atomic E-state index is 9.17. The van der Waals surface area contributed by atoms with Crippen molar-refractivity contribution in [3.8, 4) is 11.5 Å². The van der Waals surface area contributed by atoms with Crippen LogP contribution in [-0.2, 0) is 19.7 Å². The number of benzene rings is 2. The number of ether oxygens (including phenoxy) is 2. The number of aliphatic hydroxyl groups excluding tert-OH is 1. The number of hydrogen-bond donors (Lipinski definition) is 1. The molecular weight excluding hydrogens is 302 g/mol. The number of nitrogens with zero attached hydrogens (tertiary/aromatic N) is 1. The highest BCUT2D eigenvalue weighted by molar-refractivity contribution is 5.40. The van der Waals surface area contributed by atoms with Crippen molar-refractivity contribution in [3.63, 3.8) is 0 Å². The summed E-state index contributed by atoms with van der Waals surface area (Å²) in [6.45, 7) is 1.83. The molecule has 1 aliphatic carbocycles. The fourth-order valence-corrected chi connectivity index (χ4v) is 2.96. The maximum atomic E-state index is 9.17. The normalized spacial score (nSPS) is 14.0. The van der Waals surface area contributed by atoms with Gasteiger partial charge in [-0.3, -0.25) is 4.90 Å². The van der Waals surface area contributed by atoms with Gasteiger partial charge in [0.05, 0.1) is 20.8 Å². The molecule has 128 valence electrons. The number of aliphatic hydroxyl groups is 1. The van der Waals surface area contributed by atoms with Crippen molar-refractivity contribution >= 4 is 0 Å². The van der Waals surface area contributed by atoms with Crippen molar-refractivity contribution in [2.24, 2.45) is 0 Å². The SMILES string of the molecule is COc1ccc(OC)c(CN(Cc2ccc(CO)cc2)C2CC2)c1. The predicted molar refractivity (Wildman–Crippen MR) is 94.2 cm³/mol. The van der Waals surface area contributed by atoms with E-state index in [0.717, 1.165) is 35.7 Å². The smallest absolute Gasteiger partial charge is 0.123 e. The summed E-state index contributed by atoms with van der Waals surface area (Å²) in [5.41, 5.74) is 3.36. The highest BCUT2D eigenvalue weighted by Gasteiger charge is 2.29. The van der Waals surface area contributed by atoms with Crippen molar-refractivity contribution in [2.45, 2.75) is 38.6 Å². The zero-order chi connectivity index (χ0) is 16.9. The van der Waals surface area contributed by atoms with Crippen LogP contribution in [0.3, 0.4) is 0 Å². The van der Waals surface area contributed by atoms with Crippen molar-refractivity contribution in [3.05, 3.63) is 59.2 Å². The lowest BCUT2D eigenvalue weighted by Gasteiger charge is -2.23. The molecule has 0 saturated heterocycles. The summed E-state index contributed by atoms with van der Waals surface area (Å²) in [5.74, 6) is 1.76. The van der Waals surface area contributed by atoms with Crippen LogP contribution in [0.5, 0.6) is 11.5 Å². The fourth-order valence-electron chi connectivity index (χ4n) is 2.96. The lowest BCUT2D eigenvalue weighted by atomic mass is 10.1. The highest BCUT2D eigenvalue weighted by atomic mass is 16.5. The molecule has 3 rings (SSSR count). The van der Waals surface area contributed by atoms with Gasteiger partial charge in [0.25, 0.3) is 0 Å². The molecule has 4 heteroatoms. The van der Waals surface area contributed by atoms with Crippen LogP contribution in [-0.4, -0.2) is 30.3 Å². The second-order valence-corrected chi connectivity index (χ2v) is 6.29. The molecule has 1 aliphatic rings. The Kier molecular flexibility index (Phi) is 5.38. The zero-order valence-electron chi connectivity index (χ0n) is 14.4. The van der Waals surface area contributed by atoms with E-state index < -0.39 is 0 Å². The van der Waals surface area contributed by atoms with Gasteiger partial charge in [0.2, 0.25) is 0 Å². The van der Waals surface area contributed by atoms with E-state index in [9.17, 15) is 5.11 Å². The second kappa shape index (κ2) is 7.69. The van der Waals surface area contributed by atoms with Gasteiger partial charge in [-0.05, 0) is 42.2 Å². The number of rotatable bonds is 8. The Morgan fingerprint density at radius 1 is 0.958 bits per heavy atom. The Balaban J connectivity index is 1.76. The van der Waals surface area contributed by atoms with Gasteiger partial charge in [-0.2, -0.15) is 0 Å². The molecular formula is C20H25NO3. The summed E-state index contributed by atoms with van der Waals surface area (Å²) in [6.07, 6.45) is 2.50. The van der Waals surface area contributed by atoms with Gasteiger partial charge in [-0.25, -0.2) is 0 Å². The van der Waals surface area contributed by atoms with E-state index in [0.29, 0.717) is 6.04 Å². The van der Waals surface area contributed by atoms with Gasteiger partial charge < -0.3 is 14.6 Å². The Morgan fingerprint density at radius 2 is 1.67 bits per heavy atom. The molecule has 0 spiro atoms. The van der Waals surface area contributed by atoms with Gasteiger partial charge in [-0.1, -0.05) is 24.3 Å². The van der Waals surface area contributed by atoms with Crippen molar-refractivity contribution in [1.82, 2.24) is 4.90 Å². The first-order valence-electron chi connectivity index (χ1n) is 8.37. The first kappa shape index (κ1) is 16.8. The van der Waals surface area contributed by atoms with E-state index >= 15 is 0 Å². The molecule has 1 N–H and O–H groups in total. The molecule has 0 unspecified atom stereocenters. The largest absolute Gasteiger partial charge is 0.497 e. The van der Waals surface area contributed by atoms with Crippen LogP contribution in [0.15, 0.2) is 42.5 Å². The Labute approximate surface area is 143 Å². The summed E-state index contributed by atoms with van der Waals surface area (Å²) >= 11 is 0. The monoisotopic (exact) mass is 327 g/mol. The van der Waals surface area contributed by atoms with Crippen LogP contribution in [0.1, 0.15) is 29.5 Å². The van der Waals surface area contributed by atoms with Crippen LogP contribution in [0, 0.1) is 0 Å². The molecule has 2 aromatic rings. The molecule has 0 amide bonds. The van der Waals surface area contributed by atoms with Crippen LogP contribution < -0.4 is 9.47 Å². The van der Waals surface area contributed by atoms with Crippen molar-refractivity contribution in [2.75, 3.05) is 14.2 Å². The quantitative estimate of drug-likeness (QED) is 0.807. The summed E-state index contributed by atoms with van der Waals surface area (Å²) < 4.78 is 10.9. The molecule has 24 heavy (non-hydrogen) atoms. The lowest BCUT2D eigenvalue weighted by Crippen LogP contribution is -2.25. The van der Waals surface area contributed by atoms with E-state index in [1.54, 1.807) is 14.2 Å². The summed E-state index contributed by atoms with van der Waals surface area (Å²) in [7, 11) is 3.40. The average Bonchev–Trinajstić information content (AvgIpc) is 3.46. The Bertz CT molecular complexity index is 665. The van der Waals surface area contributed by atoms with Crippen LogP contribution in [0.25, 0.3) is 0 Å². The molecule has 2 aromatic carbocycles. The summed E-state index contributed by atoms with van der Waals surface area (Å²) in [4.78, 5) is 2.49. The molecule has 0 aliphatic heterocycles. The topological polar surface area (TPSA) is 41.9 Å². The maximum Gasteiger partial charge on any atom is 0.123 e. The second-order valence-electron chi connectivity index (χ2n) is 6.29. The molecule has 0 heterocycles. The molecule has 1 fully saturated rings. The number of hydrogen-bond acceptors (Lipinski definition) is 4. The minimum atomic E-state index is 0.0909. The van der Waals surface area contributed by atoms with Gasteiger partial charge in [0.1, 0.15) is 11.5 Å². The highest BCUT2D eigenvalue weighted by Crippen LogP contribution is 2.33. The Hall–Kier alpha value is -2.04. The predicted octanol–water partition coefficient (Wildman–Crippen LogP) is 3.36. The van der Waals surface area contributed by atoms with Gasteiger partial charge in [-0.15, -0.1) is 0 Å². The van der Waals surface area contributed by atoms with E-state index in [4.69, 9.17) is 9.47 Å². The van der Waals surface area contributed by atoms with E-state index in [1.165, 1.54) is 18.4 Å². The van der Waals surface area contributed by atoms with E-state index in [2.05, 4.69) is 23.1 Å². The summed E-state index contributed by atoms with van der Waals surface area (Å²) in [6, 6.07) is 14.8. The van der Waals surface area contributed by atoms with E-state index in [1.807, 2.05) is 24.3 Å². The standard InChI is InChI=1S/C20H25NO3/c1-23-19-9-10-20(24-2)17(11-19)13-21(18-7-8-18)12-15-3-5-16(14-22)6-4-15/h3-6,9-11,18,22H,7-8,12-14H2,1-2H3. The van der Waals surface area contributed by atoms with Crippen LogP contribution in [0.4, 0.5) is 0 Å². The minimum Gasteiger partial charge on any atom is -0.497 e. The Morgan fingerprint density at radius 3 is 2.25 bits per heavy atom. The third-order valence-electron chi connectivity index (χ3n) is 4.52. The third kappa shape index (κ3) is 4.08. The zero-order valence-corrected chi connectivity index (χ0v) is 14.4. The van der Waals surface area contributed by atoms with Gasteiger partial charge in [0.15, 0.2) is 0 Å². The number of methoxy groups -OCH3 is 2. The molecule has 0 bridgehead atoms. The molecule has 0 aromatic heterocycles. The fraction of sp³-hybridized carbons (Fsp3) is 0.400. The van der Waals surface area contributed by atoms with Crippen LogP contribution in [0.2, 0.25) is 0 Å². The first-order chi connectivity index (χ1) is 11.7. The molecule has 4 nitrogen and oxygen atoms in total. The third-order valence-corrected chi connectivity index (χ3v) is 4.52. The van der Waals surface area contributed by atoms with E-state index in [-0.39, 0.29) is 6.61 Å². The summed E-state index contributed by atoms with van der Waals surface area (Å²) in [5, 5.41) is 9.17. The minimum absolute atomic E-state index is 0.0909. The van der Waals surface area contributed by atoms with Crippen LogP contribution >= 0.6 is 0 Å².